The van der Waals surface area contributed by atoms with Crippen molar-refractivity contribution >= 4 is 42.0 Å². The average molecular weight is 375 g/mol. The largest absolute Gasteiger partial charge is 0.313 e. The molecule has 1 N–H and O–H groups in total. The van der Waals surface area contributed by atoms with Crippen molar-refractivity contribution in [3.05, 3.63) is 31.6 Å². The number of hydrogen-bond donors (Lipinski definition) is 1. The summed E-state index contributed by atoms with van der Waals surface area (Å²) >= 11 is 6.32. The normalized spacial score (nSPS) is 11.7. The third kappa shape index (κ3) is 4.36. The molecule has 1 rings (SSSR count). The van der Waals surface area contributed by atoms with Crippen molar-refractivity contribution in [2.24, 2.45) is 0 Å². The average Bonchev–Trinajstić information content (AvgIpc) is 2.11. The zero-order chi connectivity index (χ0) is 12.3. The van der Waals surface area contributed by atoms with Crippen LogP contribution in [0, 0.1) is 0 Å². The lowest BCUT2D eigenvalue weighted by Gasteiger charge is -2.06. The van der Waals surface area contributed by atoms with Crippen LogP contribution in [-0.4, -0.2) is 23.3 Å². The van der Waals surface area contributed by atoms with Crippen molar-refractivity contribution in [2.45, 2.75) is 13.0 Å². The van der Waals surface area contributed by atoms with Crippen LogP contribution in [0.15, 0.2) is 26.0 Å². The zero-order valence-electron chi connectivity index (χ0n) is 8.06. The van der Waals surface area contributed by atoms with Gasteiger partial charge in [0.05, 0.1) is 10.2 Å². The summed E-state index contributed by atoms with van der Waals surface area (Å²) in [5.41, 5.74) is -0.237. The molecule has 0 saturated heterocycles. The number of hydrogen-bond acceptors (Lipinski definition) is 3. The Morgan fingerprint density at radius 1 is 1.38 bits per heavy atom. The van der Waals surface area contributed by atoms with Gasteiger partial charge in [0.25, 0.3) is 15.7 Å². The summed E-state index contributed by atoms with van der Waals surface area (Å²) in [6.07, 6.45) is 1.75. The van der Waals surface area contributed by atoms with Gasteiger partial charge < -0.3 is 4.57 Å². The van der Waals surface area contributed by atoms with E-state index in [-0.39, 0.29) is 24.3 Å². The van der Waals surface area contributed by atoms with Crippen LogP contribution in [-0.2, 0) is 16.7 Å². The predicted molar refractivity (Wildman–Crippen MR) is 67.1 cm³/mol. The summed E-state index contributed by atoms with van der Waals surface area (Å²) in [5, 5.41) is 0. The highest BCUT2D eigenvalue weighted by Gasteiger charge is 2.06. The molecular formula is C8H9Br2NO4S. The van der Waals surface area contributed by atoms with Crippen molar-refractivity contribution in [3.63, 3.8) is 0 Å². The number of halogens is 2. The molecule has 0 spiro atoms. The van der Waals surface area contributed by atoms with Crippen molar-refractivity contribution < 1.29 is 13.0 Å². The highest BCUT2D eigenvalue weighted by atomic mass is 79.9. The summed E-state index contributed by atoms with van der Waals surface area (Å²) in [6, 6.07) is 1.61. The number of pyridine rings is 1. The van der Waals surface area contributed by atoms with Crippen LogP contribution in [0.3, 0.4) is 0 Å². The quantitative estimate of drug-likeness (QED) is 0.813. The van der Waals surface area contributed by atoms with E-state index in [0.717, 1.165) is 0 Å². The Morgan fingerprint density at radius 3 is 2.56 bits per heavy atom. The fourth-order valence-electron chi connectivity index (χ4n) is 1.15. The van der Waals surface area contributed by atoms with Crippen LogP contribution in [0.25, 0.3) is 0 Å². The van der Waals surface area contributed by atoms with Gasteiger partial charge in [-0.25, -0.2) is 0 Å². The molecule has 0 saturated carbocycles. The van der Waals surface area contributed by atoms with E-state index in [9.17, 15) is 13.2 Å². The van der Waals surface area contributed by atoms with E-state index in [2.05, 4.69) is 31.9 Å². The minimum atomic E-state index is -3.97. The molecule has 0 aromatic carbocycles. The summed E-state index contributed by atoms with van der Waals surface area (Å²) in [6.45, 7) is 0.233. The van der Waals surface area contributed by atoms with Crippen LogP contribution in [0.1, 0.15) is 6.42 Å². The van der Waals surface area contributed by atoms with E-state index in [1.54, 1.807) is 12.3 Å². The first kappa shape index (κ1) is 13.9. The van der Waals surface area contributed by atoms with Crippen LogP contribution < -0.4 is 5.56 Å². The maximum atomic E-state index is 11.6. The molecule has 0 bridgehead atoms. The Hall–Kier alpha value is -0.180. The molecule has 8 heteroatoms. The Morgan fingerprint density at radius 2 is 2.00 bits per heavy atom. The number of rotatable bonds is 4. The fraction of sp³-hybridized carbons (Fsp3) is 0.375. The molecule has 1 aromatic heterocycles. The molecule has 16 heavy (non-hydrogen) atoms. The monoisotopic (exact) mass is 373 g/mol. The van der Waals surface area contributed by atoms with Gasteiger partial charge in [0, 0.05) is 17.2 Å². The maximum Gasteiger partial charge on any atom is 0.264 e. The number of nitrogens with zero attached hydrogens (tertiary/aromatic N) is 1. The lowest BCUT2D eigenvalue weighted by atomic mass is 10.4. The highest BCUT2D eigenvalue weighted by molar-refractivity contribution is 9.11. The molecule has 0 aliphatic heterocycles. The molecule has 1 aromatic rings. The maximum absolute atomic E-state index is 11.6. The third-order valence-electron chi connectivity index (χ3n) is 1.81. The highest BCUT2D eigenvalue weighted by Crippen LogP contribution is 2.12. The molecule has 0 unspecified atom stereocenters. The Labute approximate surface area is 109 Å². The van der Waals surface area contributed by atoms with E-state index >= 15 is 0 Å². The number of aromatic nitrogens is 1. The summed E-state index contributed by atoms with van der Waals surface area (Å²) in [5.74, 6) is -0.358. The van der Waals surface area contributed by atoms with E-state index < -0.39 is 10.1 Å². The topological polar surface area (TPSA) is 76.4 Å². The molecule has 0 radical (unpaired) electrons. The van der Waals surface area contributed by atoms with Gasteiger partial charge in [-0.3, -0.25) is 9.35 Å². The van der Waals surface area contributed by atoms with Crippen LogP contribution in [0.5, 0.6) is 0 Å². The first-order chi connectivity index (χ1) is 7.29. The van der Waals surface area contributed by atoms with Crippen LogP contribution in [0.4, 0.5) is 0 Å². The lowest BCUT2D eigenvalue weighted by molar-refractivity contribution is 0.478. The van der Waals surface area contributed by atoms with E-state index in [4.69, 9.17) is 4.55 Å². The van der Waals surface area contributed by atoms with Crippen LogP contribution >= 0.6 is 31.9 Å². The van der Waals surface area contributed by atoms with Crippen LogP contribution in [0.2, 0.25) is 0 Å². The second-order valence-electron chi connectivity index (χ2n) is 3.14. The van der Waals surface area contributed by atoms with Gasteiger partial charge >= 0.3 is 0 Å². The molecule has 0 fully saturated rings. The standard InChI is InChI=1S/C8H9Br2NO4S/c9-6-4-7(10)8(12)11(5-6)2-1-3-16(13,14)15/h4-5H,1-3H2,(H,13,14,15). The third-order valence-corrected chi connectivity index (χ3v) is 3.62. The Bertz CT molecular complexity index is 537. The molecule has 1 heterocycles. The van der Waals surface area contributed by atoms with Gasteiger partial charge in [-0.05, 0) is 44.3 Å². The fourth-order valence-corrected chi connectivity index (χ4v) is 2.90. The Kier molecular flexibility index (Phi) is 4.72. The summed E-state index contributed by atoms with van der Waals surface area (Å²) in [7, 11) is -3.97. The van der Waals surface area contributed by atoms with Gasteiger partial charge in [-0.2, -0.15) is 8.42 Å². The van der Waals surface area contributed by atoms with E-state index in [1.165, 1.54) is 4.57 Å². The van der Waals surface area contributed by atoms with Gasteiger partial charge in [-0.1, -0.05) is 0 Å². The first-order valence-electron chi connectivity index (χ1n) is 4.30. The van der Waals surface area contributed by atoms with Gasteiger partial charge in [0.1, 0.15) is 0 Å². The molecule has 90 valence electrons. The van der Waals surface area contributed by atoms with Gasteiger partial charge in [0.15, 0.2) is 0 Å². The molecule has 0 amide bonds. The van der Waals surface area contributed by atoms with Crippen molar-refractivity contribution in [3.8, 4) is 0 Å². The minimum Gasteiger partial charge on any atom is -0.313 e. The van der Waals surface area contributed by atoms with Crippen molar-refractivity contribution in [1.82, 2.24) is 4.57 Å². The molecule has 0 atom stereocenters. The molecule has 0 aliphatic carbocycles. The van der Waals surface area contributed by atoms with E-state index in [1.807, 2.05) is 0 Å². The molecule has 0 aliphatic rings. The summed E-state index contributed by atoms with van der Waals surface area (Å²) < 4.78 is 32.0. The second-order valence-corrected chi connectivity index (χ2v) is 6.49. The SMILES string of the molecule is O=c1c(Br)cc(Br)cn1CCCS(=O)(=O)O. The lowest BCUT2D eigenvalue weighted by Crippen LogP contribution is -2.21. The minimum absolute atomic E-state index is 0.182. The predicted octanol–water partition coefficient (Wildman–Crippen LogP) is 1.65. The number of aryl methyl sites for hydroxylation is 1. The Balaban J connectivity index is 2.79. The van der Waals surface area contributed by atoms with E-state index in [0.29, 0.717) is 8.95 Å². The first-order valence-corrected chi connectivity index (χ1v) is 7.50. The van der Waals surface area contributed by atoms with Crippen molar-refractivity contribution in [1.29, 1.82) is 0 Å². The van der Waals surface area contributed by atoms with Crippen molar-refractivity contribution in [2.75, 3.05) is 5.75 Å². The molecular weight excluding hydrogens is 366 g/mol. The van der Waals surface area contributed by atoms with Gasteiger partial charge in [-0.15, -0.1) is 0 Å². The summed E-state index contributed by atoms with van der Waals surface area (Å²) in [4.78, 5) is 11.6. The zero-order valence-corrected chi connectivity index (χ0v) is 12.0. The smallest absolute Gasteiger partial charge is 0.264 e. The molecule has 5 nitrogen and oxygen atoms in total. The second kappa shape index (κ2) is 5.44. The van der Waals surface area contributed by atoms with Gasteiger partial charge in [0.2, 0.25) is 0 Å².